The summed E-state index contributed by atoms with van der Waals surface area (Å²) < 4.78 is 12.0. The fourth-order valence-corrected chi connectivity index (χ4v) is 5.03. The first-order valence-electron chi connectivity index (χ1n) is 12.0. The third kappa shape index (κ3) is 4.30. The number of benzene rings is 2. The summed E-state index contributed by atoms with van der Waals surface area (Å²) in [6, 6.07) is 17.9. The van der Waals surface area contributed by atoms with Gasteiger partial charge in [0.1, 0.15) is 11.5 Å². The van der Waals surface area contributed by atoms with Crippen molar-refractivity contribution in [2.24, 2.45) is 0 Å². The van der Waals surface area contributed by atoms with Crippen LogP contribution < -0.4 is 9.80 Å². The lowest BCUT2D eigenvalue weighted by Crippen LogP contribution is -2.33. The van der Waals surface area contributed by atoms with E-state index in [1.54, 1.807) is 0 Å². The van der Waals surface area contributed by atoms with E-state index in [1.165, 1.54) is 45.2 Å². The Hall–Kier alpha value is -3.40. The van der Waals surface area contributed by atoms with Gasteiger partial charge in [0.25, 0.3) is 0 Å². The lowest BCUT2D eigenvalue weighted by molar-refractivity contribution is 0.185. The average molecular weight is 439 g/mol. The molecular weight excluding hydrogens is 408 g/mol. The van der Waals surface area contributed by atoms with Crippen LogP contribution in [0.4, 0.5) is 11.4 Å². The Balaban J connectivity index is 1.08. The molecular formula is C29H30N2O2. The molecule has 2 aromatic carbocycles. The molecule has 0 radical (unpaired) electrons. The molecule has 0 saturated carbocycles. The number of hydrogen-bond acceptors (Lipinski definition) is 4. The van der Waals surface area contributed by atoms with Crippen LogP contribution in [0, 0.1) is 0 Å². The molecule has 2 heterocycles. The number of nitrogens with zero attached hydrogens (tertiary/aromatic N) is 2. The summed E-state index contributed by atoms with van der Waals surface area (Å²) in [5.74, 6) is 2.36. The average Bonchev–Trinajstić information content (AvgIpc) is 2.89. The van der Waals surface area contributed by atoms with Crippen molar-refractivity contribution >= 4 is 11.4 Å². The van der Waals surface area contributed by atoms with Crippen molar-refractivity contribution in [3.63, 3.8) is 0 Å². The van der Waals surface area contributed by atoms with E-state index in [0.29, 0.717) is 13.5 Å². The van der Waals surface area contributed by atoms with Gasteiger partial charge in [0.15, 0.2) is 13.5 Å². The standard InChI is InChI=1S/C29H30N2O2/c1-3-7-28-24(5-1)18-30(20-32-28)26-13-9-22(10-14-26)17-23-11-15-27(16-12-23)31-19-25-6-2-4-8-29(25)33-21-31/h1-2,5-6,9-16H,3-4,7-8,17-21H2. The van der Waals surface area contributed by atoms with E-state index >= 15 is 0 Å². The van der Waals surface area contributed by atoms with Gasteiger partial charge in [-0.3, -0.25) is 0 Å². The lowest BCUT2D eigenvalue weighted by Gasteiger charge is -2.33. The van der Waals surface area contributed by atoms with E-state index in [9.17, 15) is 0 Å². The number of allylic oxidation sites excluding steroid dienone is 4. The molecule has 4 nitrogen and oxygen atoms in total. The first kappa shape index (κ1) is 20.2. The second kappa shape index (κ2) is 8.86. The zero-order valence-corrected chi connectivity index (χ0v) is 19.0. The molecule has 0 fully saturated rings. The monoisotopic (exact) mass is 438 g/mol. The van der Waals surface area contributed by atoms with Gasteiger partial charge in [-0.25, -0.2) is 0 Å². The van der Waals surface area contributed by atoms with Crippen LogP contribution in [0.5, 0.6) is 0 Å². The van der Waals surface area contributed by atoms with Crippen LogP contribution in [0.15, 0.2) is 95.5 Å². The molecule has 4 heteroatoms. The highest BCUT2D eigenvalue weighted by Crippen LogP contribution is 2.30. The first-order valence-corrected chi connectivity index (χ1v) is 12.0. The summed E-state index contributed by atoms with van der Waals surface area (Å²) in [4.78, 5) is 4.60. The maximum Gasteiger partial charge on any atom is 0.161 e. The lowest BCUT2D eigenvalue weighted by atomic mass is 10.0. The molecule has 0 atom stereocenters. The van der Waals surface area contributed by atoms with Gasteiger partial charge in [0.05, 0.1) is 0 Å². The van der Waals surface area contributed by atoms with Crippen molar-refractivity contribution < 1.29 is 9.47 Å². The van der Waals surface area contributed by atoms with Crippen LogP contribution in [0.2, 0.25) is 0 Å². The van der Waals surface area contributed by atoms with E-state index in [4.69, 9.17) is 9.47 Å². The first-order chi connectivity index (χ1) is 16.3. The van der Waals surface area contributed by atoms with Crippen molar-refractivity contribution in [1.82, 2.24) is 0 Å². The summed E-state index contributed by atoms with van der Waals surface area (Å²) >= 11 is 0. The largest absolute Gasteiger partial charge is 0.477 e. The van der Waals surface area contributed by atoms with E-state index in [0.717, 1.165) is 45.2 Å². The molecule has 0 aromatic heterocycles. The number of anilines is 2. The fourth-order valence-electron chi connectivity index (χ4n) is 5.03. The molecule has 4 aliphatic rings. The fraction of sp³-hybridized carbons (Fsp3) is 0.310. The molecule has 2 aliphatic heterocycles. The van der Waals surface area contributed by atoms with Gasteiger partial charge in [-0.1, -0.05) is 48.6 Å². The summed E-state index contributed by atoms with van der Waals surface area (Å²) in [6.07, 6.45) is 14.1. The molecule has 0 amide bonds. The van der Waals surface area contributed by atoms with Gasteiger partial charge in [-0.05, 0) is 54.7 Å². The Morgan fingerprint density at radius 3 is 1.52 bits per heavy atom. The van der Waals surface area contributed by atoms with Crippen LogP contribution in [-0.2, 0) is 15.9 Å². The zero-order chi connectivity index (χ0) is 22.0. The highest BCUT2D eigenvalue weighted by atomic mass is 16.5. The van der Waals surface area contributed by atoms with Crippen LogP contribution in [0.1, 0.15) is 36.8 Å². The van der Waals surface area contributed by atoms with Gasteiger partial charge in [0, 0.05) is 48.5 Å². The molecule has 2 aromatic rings. The normalized spacial score (nSPS) is 19.8. The predicted octanol–water partition coefficient (Wildman–Crippen LogP) is 6.07. The van der Waals surface area contributed by atoms with Crippen molar-refractivity contribution in [3.05, 3.63) is 107 Å². The van der Waals surface area contributed by atoms with E-state index in [1.807, 2.05) is 0 Å². The van der Waals surface area contributed by atoms with Crippen molar-refractivity contribution in [1.29, 1.82) is 0 Å². The molecule has 2 aliphatic carbocycles. The molecule has 0 unspecified atom stereocenters. The van der Waals surface area contributed by atoms with Crippen LogP contribution in [0.25, 0.3) is 0 Å². The Morgan fingerprint density at radius 1 is 0.606 bits per heavy atom. The van der Waals surface area contributed by atoms with Crippen molar-refractivity contribution in [2.75, 3.05) is 36.4 Å². The molecule has 0 saturated heterocycles. The van der Waals surface area contributed by atoms with Gasteiger partial charge in [0.2, 0.25) is 0 Å². The Morgan fingerprint density at radius 2 is 1.06 bits per heavy atom. The maximum atomic E-state index is 6.00. The second-order valence-corrected chi connectivity index (χ2v) is 9.23. The van der Waals surface area contributed by atoms with Crippen LogP contribution in [-0.4, -0.2) is 26.6 Å². The molecule has 33 heavy (non-hydrogen) atoms. The highest BCUT2D eigenvalue weighted by molar-refractivity contribution is 5.53. The predicted molar refractivity (Wildman–Crippen MR) is 133 cm³/mol. The molecule has 0 spiro atoms. The Bertz CT molecular complexity index is 1050. The number of rotatable bonds is 4. The number of hydrogen-bond donors (Lipinski definition) is 0. The smallest absolute Gasteiger partial charge is 0.161 e. The summed E-state index contributed by atoms with van der Waals surface area (Å²) in [7, 11) is 0. The topological polar surface area (TPSA) is 24.9 Å². The minimum Gasteiger partial charge on any atom is -0.477 e. The van der Waals surface area contributed by atoms with Crippen LogP contribution >= 0.6 is 0 Å². The quantitative estimate of drug-likeness (QED) is 0.578. The van der Waals surface area contributed by atoms with Gasteiger partial charge < -0.3 is 19.3 Å². The SMILES string of the molecule is C1=CC2=C(CC1)OCN(c1ccc(Cc3ccc(N4COC5=C(C=CCC5)C4)cc3)cc1)C2. The molecule has 0 N–H and O–H groups in total. The van der Waals surface area contributed by atoms with Gasteiger partial charge in [-0.15, -0.1) is 0 Å². The zero-order valence-electron chi connectivity index (χ0n) is 19.0. The minimum atomic E-state index is 0.641. The Labute approximate surface area is 196 Å². The van der Waals surface area contributed by atoms with Crippen molar-refractivity contribution in [2.45, 2.75) is 32.1 Å². The van der Waals surface area contributed by atoms with Crippen LogP contribution in [0.3, 0.4) is 0 Å². The minimum absolute atomic E-state index is 0.641. The van der Waals surface area contributed by atoms with Gasteiger partial charge in [-0.2, -0.15) is 0 Å². The molecule has 0 bridgehead atoms. The summed E-state index contributed by atoms with van der Waals surface area (Å²) in [6.45, 7) is 3.14. The van der Waals surface area contributed by atoms with Crippen molar-refractivity contribution in [3.8, 4) is 0 Å². The maximum absolute atomic E-state index is 6.00. The Kier molecular flexibility index (Phi) is 5.43. The summed E-state index contributed by atoms with van der Waals surface area (Å²) in [5, 5.41) is 0. The highest BCUT2D eigenvalue weighted by Gasteiger charge is 2.21. The van der Waals surface area contributed by atoms with E-state index < -0.39 is 0 Å². The summed E-state index contributed by atoms with van der Waals surface area (Å²) in [5.41, 5.74) is 7.73. The second-order valence-electron chi connectivity index (χ2n) is 9.23. The van der Waals surface area contributed by atoms with E-state index in [-0.39, 0.29) is 0 Å². The van der Waals surface area contributed by atoms with Gasteiger partial charge >= 0.3 is 0 Å². The number of ether oxygens (including phenoxy) is 2. The van der Waals surface area contributed by atoms with E-state index in [2.05, 4.69) is 82.6 Å². The molecule has 6 rings (SSSR count). The third-order valence-corrected chi connectivity index (χ3v) is 6.95. The third-order valence-electron chi connectivity index (χ3n) is 6.95. The molecule has 168 valence electrons.